The molecule has 0 aliphatic heterocycles. The lowest BCUT2D eigenvalue weighted by atomic mass is 10.1. The zero-order valence-corrected chi connectivity index (χ0v) is 12.8. The Balaban J connectivity index is 1.93. The average molecular weight is 339 g/mol. The summed E-state index contributed by atoms with van der Waals surface area (Å²) in [5.41, 5.74) is 2.12. The molecule has 2 nitrogen and oxygen atoms in total. The molecule has 0 spiro atoms. The van der Waals surface area contributed by atoms with Gasteiger partial charge in [0.1, 0.15) is 18.2 Å². The molecule has 2 aromatic carbocycles. The van der Waals surface area contributed by atoms with Gasteiger partial charge >= 0.3 is 0 Å². The van der Waals surface area contributed by atoms with Crippen molar-refractivity contribution in [1.29, 1.82) is 0 Å². The molecule has 0 amide bonds. The van der Waals surface area contributed by atoms with Crippen LogP contribution in [0, 0.1) is 5.82 Å². The van der Waals surface area contributed by atoms with Gasteiger partial charge in [0.2, 0.25) is 0 Å². The molecule has 0 aliphatic carbocycles. The van der Waals surface area contributed by atoms with Crippen LogP contribution in [-0.2, 0) is 17.8 Å². The van der Waals surface area contributed by atoms with Crippen LogP contribution < -0.4 is 4.74 Å². The fourth-order valence-electron chi connectivity index (χ4n) is 1.77. The maximum atomic E-state index is 13.0. The highest BCUT2D eigenvalue weighted by Gasteiger charge is 2.03. The van der Waals surface area contributed by atoms with Gasteiger partial charge in [0.15, 0.2) is 0 Å². The minimum atomic E-state index is -0.261. The highest BCUT2D eigenvalue weighted by Crippen LogP contribution is 2.21. The van der Waals surface area contributed by atoms with Crippen molar-refractivity contribution in [2.45, 2.75) is 13.0 Å². The Labute approximate surface area is 126 Å². The quantitative estimate of drug-likeness (QED) is 0.779. The lowest BCUT2D eigenvalue weighted by Crippen LogP contribution is -1.98. The number of halogens is 2. The summed E-state index contributed by atoms with van der Waals surface area (Å²) in [6.45, 7) is 1.11. The molecule has 0 aromatic heterocycles. The maximum absolute atomic E-state index is 13.0. The van der Waals surface area contributed by atoms with Gasteiger partial charge in [0.25, 0.3) is 0 Å². The molecule has 0 saturated heterocycles. The maximum Gasteiger partial charge on any atom is 0.124 e. The molecule has 2 rings (SSSR count). The van der Waals surface area contributed by atoms with Crippen molar-refractivity contribution in [2.75, 3.05) is 13.7 Å². The summed E-state index contributed by atoms with van der Waals surface area (Å²) >= 11 is 3.33. The highest BCUT2D eigenvalue weighted by atomic mass is 79.9. The minimum Gasteiger partial charge on any atom is -0.489 e. The van der Waals surface area contributed by atoms with Gasteiger partial charge < -0.3 is 9.47 Å². The molecular formula is C16H16BrFO2. The number of methoxy groups -OCH3 is 1. The topological polar surface area (TPSA) is 18.5 Å². The van der Waals surface area contributed by atoms with E-state index in [1.807, 2.05) is 24.3 Å². The van der Waals surface area contributed by atoms with Crippen LogP contribution in [0.5, 0.6) is 5.75 Å². The zero-order chi connectivity index (χ0) is 14.4. The van der Waals surface area contributed by atoms with E-state index in [1.165, 1.54) is 17.7 Å². The SMILES string of the molecule is COCCc1ccc(OCc2ccc(F)cc2Br)cc1. The predicted octanol–water partition coefficient (Wildman–Crippen LogP) is 4.36. The molecule has 0 fully saturated rings. The van der Waals surface area contributed by atoms with Gasteiger partial charge in [-0.05, 0) is 36.2 Å². The third kappa shape index (κ3) is 4.32. The predicted molar refractivity (Wildman–Crippen MR) is 80.5 cm³/mol. The fourth-order valence-corrected chi connectivity index (χ4v) is 2.24. The summed E-state index contributed by atoms with van der Waals surface area (Å²) in [4.78, 5) is 0. The lowest BCUT2D eigenvalue weighted by Gasteiger charge is -2.09. The van der Waals surface area contributed by atoms with Crippen molar-refractivity contribution in [3.05, 3.63) is 63.9 Å². The molecule has 0 atom stereocenters. The molecule has 0 saturated carbocycles. The van der Waals surface area contributed by atoms with E-state index in [0.29, 0.717) is 17.7 Å². The first kappa shape index (κ1) is 15.0. The first-order valence-corrected chi connectivity index (χ1v) is 7.13. The van der Waals surface area contributed by atoms with Crippen molar-refractivity contribution >= 4 is 15.9 Å². The van der Waals surface area contributed by atoms with Crippen LogP contribution in [0.3, 0.4) is 0 Å². The van der Waals surface area contributed by atoms with Gasteiger partial charge in [-0.2, -0.15) is 0 Å². The standard InChI is InChI=1S/C16H16BrFO2/c1-19-9-8-12-2-6-15(7-3-12)20-11-13-4-5-14(18)10-16(13)17/h2-7,10H,8-9,11H2,1H3. The highest BCUT2D eigenvalue weighted by molar-refractivity contribution is 9.10. The molecule has 0 bridgehead atoms. The van der Waals surface area contributed by atoms with Crippen LogP contribution in [0.25, 0.3) is 0 Å². The van der Waals surface area contributed by atoms with Crippen molar-refractivity contribution < 1.29 is 13.9 Å². The van der Waals surface area contributed by atoms with E-state index in [1.54, 1.807) is 13.2 Å². The Morgan fingerprint density at radius 3 is 2.50 bits per heavy atom. The number of benzene rings is 2. The molecule has 0 aliphatic rings. The fraction of sp³-hybridized carbons (Fsp3) is 0.250. The average Bonchev–Trinajstić information content (AvgIpc) is 2.45. The molecule has 0 unspecified atom stereocenters. The molecule has 4 heteroatoms. The smallest absolute Gasteiger partial charge is 0.124 e. The molecular weight excluding hydrogens is 323 g/mol. The van der Waals surface area contributed by atoms with Crippen LogP contribution >= 0.6 is 15.9 Å². The minimum absolute atomic E-state index is 0.261. The van der Waals surface area contributed by atoms with Crippen molar-refractivity contribution in [3.63, 3.8) is 0 Å². The van der Waals surface area contributed by atoms with Crippen LogP contribution in [0.2, 0.25) is 0 Å². The normalized spacial score (nSPS) is 10.6. The molecule has 0 heterocycles. The summed E-state index contributed by atoms with van der Waals surface area (Å²) in [7, 11) is 1.69. The Kier molecular flexibility index (Phi) is 5.56. The van der Waals surface area contributed by atoms with E-state index in [2.05, 4.69) is 15.9 Å². The third-order valence-electron chi connectivity index (χ3n) is 2.93. The summed E-state index contributed by atoms with van der Waals surface area (Å²) < 4.78 is 24.4. The van der Waals surface area contributed by atoms with Crippen LogP contribution in [0.15, 0.2) is 46.9 Å². The Bertz CT molecular complexity index is 555. The lowest BCUT2D eigenvalue weighted by molar-refractivity contribution is 0.202. The monoisotopic (exact) mass is 338 g/mol. The zero-order valence-electron chi connectivity index (χ0n) is 11.2. The van der Waals surface area contributed by atoms with E-state index in [0.717, 1.165) is 17.7 Å². The molecule has 0 radical (unpaired) electrons. The van der Waals surface area contributed by atoms with Crippen LogP contribution in [-0.4, -0.2) is 13.7 Å². The summed E-state index contributed by atoms with van der Waals surface area (Å²) in [6.07, 6.45) is 0.889. The van der Waals surface area contributed by atoms with E-state index >= 15 is 0 Å². The van der Waals surface area contributed by atoms with Gasteiger partial charge in [0, 0.05) is 17.1 Å². The second kappa shape index (κ2) is 7.41. The third-order valence-corrected chi connectivity index (χ3v) is 3.67. The number of hydrogen-bond acceptors (Lipinski definition) is 2. The van der Waals surface area contributed by atoms with E-state index in [-0.39, 0.29) is 5.82 Å². The number of ether oxygens (including phenoxy) is 2. The Morgan fingerprint density at radius 2 is 1.85 bits per heavy atom. The van der Waals surface area contributed by atoms with Gasteiger partial charge in [-0.25, -0.2) is 4.39 Å². The second-order valence-electron chi connectivity index (χ2n) is 4.41. The first-order chi connectivity index (χ1) is 9.69. The van der Waals surface area contributed by atoms with E-state index < -0.39 is 0 Å². The van der Waals surface area contributed by atoms with Crippen LogP contribution in [0.1, 0.15) is 11.1 Å². The van der Waals surface area contributed by atoms with Crippen molar-refractivity contribution in [3.8, 4) is 5.75 Å². The van der Waals surface area contributed by atoms with Gasteiger partial charge in [-0.1, -0.05) is 34.1 Å². The van der Waals surface area contributed by atoms with Crippen molar-refractivity contribution in [2.24, 2.45) is 0 Å². The number of rotatable bonds is 6. The van der Waals surface area contributed by atoms with Gasteiger partial charge in [0.05, 0.1) is 6.61 Å². The van der Waals surface area contributed by atoms with E-state index in [4.69, 9.17) is 9.47 Å². The molecule has 0 N–H and O–H groups in total. The largest absolute Gasteiger partial charge is 0.489 e. The van der Waals surface area contributed by atoms with Crippen LogP contribution in [0.4, 0.5) is 4.39 Å². The Hall–Kier alpha value is -1.39. The molecule has 20 heavy (non-hydrogen) atoms. The summed E-state index contributed by atoms with van der Waals surface area (Å²) in [5, 5.41) is 0. The summed E-state index contributed by atoms with van der Waals surface area (Å²) in [6, 6.07) is 12.5. The number of hydrogen-bond donors (Lipinski definition) is 0. The van der Waals surface area contributed by atoms with Gasteiger partial charge in [-0.15, -0.1) is 0 Å². The van der Waals surface area contributed by atoms with Gasteiger partial charge in [-0.3, -0.25) is 0 Å². The molecule has 106 valence electrons. The summed E-state index contributed by atoms with van der Waals surface area (Å²) in [5.74, 6) is 0.533. The second-order valence-corrected chi connectivity index (χ2v) is 5.27. The van der Waals surface area contributed by atoms with E-state index in [9.17, 15) is 4.39 Å². The first-order valence-electron chi connectivity index (χ1n) is 6.33. The molecule has 2 aromatic rings. The Morgan fingerprint density at radius 1 is 1.10 bits per heavy atom. The van der Waals surface area contributed by atoms with Crippen molar-refractivity contribution in [1.82, 2.24) is 0 Å².